The highest BCUT2D eigenvalue weighted by molar-refractivity contribution is 5.61. The zero-order valence-electron chi connectivity index (χ0n) is 16.0. The van der Waals surface area contributed by atoms with E-state index in [4.69, 9.17) is 4.98 Å². The smallest absolute Gasteiger partial charge is 0.311 e. The van der Waals surface area contributed by atoms with Gasteiger partial charge in [-0.05, 0) is 42.4 Å². The van der Waals surface area contributed by atoms with Crippen molar-refractivity contribution in [3.63, 3.8) is 0 Å². The Hall–Kier alpha value is -2.63. The lowest BCUT2D eigenvalue weighted by atomic mass is 9.76. The molecule has 0 radical (unpaired) electrons. The first kappa shape index (κ1) is 17.8. The van der Waals surface area contributed by atoms with Crippen LogP contribution in [-0.4, -0.2) is 36.1 Å². The minimum absolute atomic E-state index is 0.154. The number of fused-ring (bicyclic) bond motifs is 1. The molecule has 0 unspecified atom stereocenters. The van der Waals surface area contributed by atoms with Crippen molar-refractivity contribution in [2.45, 2.75) is 33.1 Å². The number of hydrogen-bond donors (Lipinski definition) is 0. The summed E-state index contributed by atoms with van der Waals surface area (Å²) in [6, 6.07) is 12.1. The molecule has 0 bridgehead atoms. The maximum absolute atomic E-state index is 11.7. The maximum Gasteiger partial charge on any atom is 0.311 e. The van der Waals surface area contributed by atoms with E-state index in [1.54, 1.807) is 6.07 Å². The molecule has 1 saturated heterocycles. The number of benzene rings is 1. The van der Waals surface area contributed by atoms with E-state index in [0.717, 1.165) is 56.7 Å². The highest BCUT2D eigenvalue weighted by Gasteiger charge is 2.32. The number of piperazine rings is 1. The number of nitro groups is 1. The Labute approximate surface area is 160 Å². The molecule has 0 N–H and O–H groups in total. The number of hydrogen-bond acceptors (Lipinski definition) is 5. The average Bonchev–Trinajstić information content (AvgIpc) is 2.67. The van der Waals surface area contributed by atoms with Gasteiger partial charge >= 0.3 is 5.69 Å². The summed E-state index contributed by atoms with van der Waals surface area (Å²) in [6.07, 6.45) is 2.81. The standard InChI is InChI=1S/C21H26N4O2/c1-21(2)9-8-16-14-19(25(26)27)20(22-18(16)15-21)24-12-10-23(11-13-24)17-6-4-3-5-7-17/h3-7,14H,8-13,15H2,1-2H3. The van der Waals surface area contributed by atoms with Crippen LogP contribution in [0.25, 0.3) is 0 Å². The van der Waals surface area contributed by atoms with E-state index in [1.165, 1.54) is 5.69 Å². The Balaban J connectivity index is 1.59. The quantitative estimate of drug-likeness (QED) is 0.610. The molecule has 0 spiro atoms. The van der Waals surface area contributed by atoms with Gasteiger partial charge in [0.2, 0.25) is 5.82 Å². The number of para-hydroxylation sites is 1. The van der Waals surface area contributed by atoms with E-state index in [9.17, 15) is 10.1 Å². The van der Waals surface area contributed by atoms with Crippen LogP contribution in [0.4, 0.5) is 17.2 Å². The molecule has 1 aliphatic heterocycles. The lowest BCUT2D eigenvalue weighted by molar-refractivity contribution is -0.384. The van der Waals surface area contributed by atoms with E-state index in [0.29, 0.717) is 5.82 Å². The van der Waals surface area contributed by atoms with E-state index in [2.05, 4.69) is 35.8 Å². The van der Waals surface area contributed by atoms with Crippen LogP contribution in [0.1, 0.15) is 31.5 Å². The average molecular weight is 366 g/mol. The molecule has 0 saturated carbocycles. The molecule has 0 amide bonds. The van der Waals surface area contributed by atoms with E-state index >= 15 is 0 Å². The van der Waals surface area contributed by atoms with Crippen LogP contribution < -0.4 is 9.80 Å². The molecule has 1 aromatic carbocycles. The number of aryl methyl sites for hydroxylation is 1. The molecular weight excluding hydrogens is 340 g/mol. The fraction of sp³-hybridized carbons (Fsp3) is 0.476. The number of nitrogens with zero attached hydrogens (tertiary/aromatic N) is 4. The Kier molecular flexibility index (Phi) is 4.50. The second-order valence-corrected chi connectivity index (χ2v) is 8.34. The summed E-state index contributed by atoms with van der Waals surface area (Å²) >= 11 is 0. The van der Waals surface area contributed by atoms with Crippen LogP contribution in [-0.2, 0) is 12.8 Å². The molecule has 0 atom stereocenters. The van der Waals surface area contributed by atoms with Crippen molar-refractivity contribution >= 4 is 17.2 Å². The Bertz CT molecular complexity index is 843. The minimum atomic E-state index is -0.272. The molecular formula is C21H26N4O2. The lowest BCUT2D eigenvalue weighted by Gasteiger charge is -2.37. The van der Waals surface area contributed by atoms with Gasteiger partial charge in [0, 0.05) is 43.6 Å². The fourth-order valence-corrected chi connectivity index (χ4v) is 4.14. The van der Waals surface area contributed by atoms with Crippen LogP contribution in [0.5, 0.6) is 0 Å². The molecule has 142 valence electrons. The van der Waals surface area contributed by atoms with Crippen LogP contribution in [0.3, 0.4) is 0 Å². The summed E-state index contributed by atoms with van der Waals surface area (Å²) in [5, 5.41) is 11.7. The predicted molar refractivity (Wildman–Crippen MR) is 108 cm³/mol. The largest absolute Gasteiger partial charge is 0.368 e. The third-order valence-corrected chi connectivity index (χ3v) is 5.77. The number of anilines is 2. The Morgan fingerprint density at radius 3 is 2.41 bits per heavy atom. The number of aromatic nitrogens is 1. The monoisotopic (exact) mass is 366 g/mol. The van der Waals surface area contributed by atoms with Crippen molar-refractivity contribution in [2.75, 3.05) is 36.0 Å². The molecule has 6 heteroatoms. The zero-order chi connectivity index (χ0) is 19.0. The van der Waals surface area contributed by atoms with Crippen LogP contribution in [0.15, 0.2) is 36.4 Å². The van der Waals surface area contributed by atoms with E-state index in [-0.39, 0.29) is 16.0 Å². The fourth-order valence-electron chi connectivity index (χ4n) is 4.14. The highest BCUT2D eigenvalue weighted by atomic mass is 16.6. The number of rotatable bonds is 3. The molecule has 2 aliphatic rings. The predicted octanol–water partition coefficient (Wildman–Crippen LogP) is 3.83. The van der Waals surface area contributed by atoms with Gasteiger partial charge in [-0.2, -0.15) is 0 Å². The Morgan fingerprint density at radius 1 is 1.07 bits per heavy atom. The lowest BCUT2D eigenvalue weighted by Crippen LogP contribution is -2.47. The molecule has 2 heterocycles. The molecule has 6 nitrogen and oxygen atoms in total. The van der Waals surface area contributed by atoms with Crippen molar-refractivity contribution in [1.29, 1.82) is 0 Å². The van der Waals surface area contributed by atoms with Crippen molar-refractivity contribution in [2.24, 2.45) is 5.41 Å². The molecule has 27 heavy (non-hydrogen) atoms. The molecule has 4 rings (SSSR count). The first-order valence-electron chi connectivity index (χ1n) is 9.65. The molecule has 1 fully saturated rings. The summed E-state index contributed by atoms with van der Waals surface area (Å²) < 4.78 is 0. The zero-order valence-corrected chi connectivity index (χ0v) is 16.0. The number of pyridine rings is 1. The summed E-state index contributed by atoms with van der Waals surface area (Å²) in [5.74, 6) is 0.546. The molecule has 1 aliphatic carbocycles. The van der Waals surface area contributed by atoms with Gasteiger partial charge in [-0.25, -0.2) is 4.98 Å². The van der Waals surface area contributed by atoms with Gasteiger partial charge in [-0.3, -0.25) is 10.1 Å². The van der Waals surface area contributed by atoms with Crippen LogP contribution >= 0.6 is 0 Å². The summed E-state index contributed by atoms with van der Waals surface area (Å²) in [4.78, 5) is 20.6. The third kappa shape index (κ3) is 3.61. The SMILES string of the molecule is CC1(C)CCc2cc([N+](=O)[O-])c(N3CCN(c4ccccc4)CC3)nc2C1. The molecule has 1 aromatic heterocycles. The van der Waals surface area contributed by atoms with Crippen molar-refractivity contribution in [1.82, 2.24) is 4.98 Å². The van der Waals surface area contributed by atoms with Crippen LogP contribution in [0.2, 0.25) is 0 Å². The summed E-state index contributed by atoms with van der Waals surface area (Å²) in [6.45, 7) is 7.65. The first-order chi connectivity index (χ1) is 12.9. The van der Waals surface area contributed by atoms with E-state index in [1.807, 2.05) is 18.2 Å². The van der Waals surface area contributed by atoms with Gasteiger partial charge in [0.25, 0.3) is 0 Å². The maximum atomic E-state index is 11.7. The normalized spacial score (nSPS) is 18.9. The molecule has 2 aromatic rings. The van der Waals surface area contributed by atoms with Crippen LogP contribution in [0, 0.1) is 15.5 Å². The second kappa shape index (κ2) is 6.83. The highest BCUT2D eigenvalue weighted by Crippen LogP contribution is 2.38. The Morgan fingerprint density at radius 2 is 1.74 bits per heavy atom. The summed E-state index contributed by atoms with van der Waals surface area (Å²) in [5.41, 5.74) is 3.65. The van der Waals surface area contributed by atoms with Crippen molar-refractivity contribution < 1.29 is 4.92 Å². The second-order valence-electron chi connectivity index (χ2n) is 8.34. The van der Waals surface area contributed by atoms with Crippen molar-refractivity contribution in [3.8, 4) is 0 Å². The van der Waals surface area contributed by atoms with Gasteiger partial charge in [-0.15, -0.1) is 0 Å². The van der Waals surface area contributed by atoms with Gasteiger partial charge in [0.15, 0.2) is 0 Å². The van der Waals surface area contributed by atoms with Gasteiger partial charge in [-0.1, -0.05) is 32.0 Å². The first-order valence-corrected chi connectivity index (χ1v) is 9.65. The minimum Gasteiger partial charge on any atom is -0.368 e. The summed E-state index contributed by atoms with van der Waals surface area (Å²) in [7, 11) is 0. The van der Waals surface area contributed by atoms with Gasteiger partial charge in [0.05, 0.1) is 4.92 Å². The van der Waals surface area contributed by atoms with Crippen molar-refractivity contribution in [3.05, 3.63) is 57.8 Å². The third-order valence-electron chi connectivity index (χ3n) is 5.77. The van der Waals surface area contributed by atoms with Gasteiger partial charge < -0.3 is 9.80 Å². The topological polar surface area (TPSA) is 62.5 Å². The van der Waals surface area contributed by atoms with E-state index < -0.39 is 0 Å². The van der Waals surface area contributed by atoms with Gasteiger partial charge in [0.1, 0.15) is 0 Å².